The monoisotopic (exact) mass is 379 g/mol. The van der Waals surface area contributed by atoms with Gasteiger partial charge in [-0.05, 0) is 67.1 Å². The van der Waals surface area contributed by atoms with Crippen LogP contribution < -0.4 is 4.74 Å². The van der Waals surface area contributed by atoms with E-state index in [1.807, 2.05) is 30.3 Å². The van der Waals surface area contributed by atoms with Gasteiger partial charge in [-0.1, -0.05) is 23.9 Å². The molecular weight excluding hydrogens is 358 g/mol. The maximum Gasteiger partial charge on any atom is 0.209 e. The highest BCUT2D eigenvalue weighted by molar-refractivity contribution is 7.99. The molecule has 0 amide bonds. The zero-order valence-electron chi connectivity index (χ0n) is 15.2. The molecule has 1 aliphatic carbocycles. The molecule has 0 fully saturated rings. The summed E-state index contributed by atoms with van der Waals surface area (Å²) in [5.41, 5.74) is 4.44. The Morgan fingerprint density at radius 1 is 1.11 bits per heavy atom. The standard InChI is InChI=1S/C21H21N3O2S/c1-26-18-10-8-15(9-11-18)20-22-21(24-23-20)27-13-19(25)17-7-6-14-4-2-3-5-16(14)12-17/h6-12H,2-5,13H2,1H3,(H,22,23,24). The number of methoxy groups -OCH3 is 1. The Morgan fingerprint density at radius 3 is 2.67 bits per heavy atom. The van der Waals surface area contributed by atoms with Gasteiger partial charge in [0.1, 0.15) is 5.75 Å². The summed E-state index contributed by atoms with van der Waals surface area (Å²) in [6, 6.07) is 13.7. The number of aryl methyl sites for hydroxylation is 2. The van der Waals surface area contributed by atoms with Crippen molar-refractivity contribution >= 4 is 17.5 Å². The number of nitrogens with one attached hydrogen (secondary N) is 1. The molecule has 0 aliphatic heterocycles. The smallest absolute Gasteiger partial charge is 0.209 e. The highest BCUT2D eigenvalue weighted by atomic mass is 32.2. The number of aromatic amines is 1. The van der Waals surface area contributed by atoms with Crippen LogP contribution in [0.5, 0.6) is 5.75 Å². The zero-order valence-corrected chi connectivity index (χ0v) is 16.0. The molecule has 0 saturated carbocycles. The summed E-state index contributed by atoms with van der Waals surface area (Å²) in [6.07, 6.45) is 4.67. The lowest BCUT2D eigenvalue weighted by Crippen LogP contribution is -2.07. The number of carbonyl (C=O) groups excluding carboxylic acids is 1. The maximum absolute atomic E-state index is 12.6. The van der Waals surface area contributed by atoms with Crippen LogP contribution in [0.25, 0.3) is 11.4 Å². The molecule has 1 N–H and O–H groups in total. The van der Waals surface area contributed by atoms with Crippen LogP contribution >= 0.6 is 11.8 Å². The molecule has 27 heavy (non-hydrogen) atoms. The first kappa shape index (κ1) is 17.8. The first-order valence-corrected chi connectivity index (χ1v) is 10.1. The highest BCUT2D eigenvalue weighted by Crippen LogP contribution is 2.25. The number of H-pyrrole nitrogens is 1. The number of fused-ring (bicyclic) bond motifs is 1. The van der Waals surface area contributed by atoms with Crippen LogP contribution in [-0.2, 0) is 12.8 Å². The van der Waals surface area contributed by atoms with Crippen molar-refractivity contribution in [1.29, 1.82) is 0 Å². The average molecular weight is 379 g/mol. The van der Waals surface area contributed by atoms with Crippen LogP contribution in [0.2, 0.25) is 0 Å². The normalized spacial score (nSPS) is 13.2. The van der Waals surface area contributed by atoms with Crippen molar-refractivity contribution in [3.8, 4) is 17.1 Å². The van der Waals surface area contributed by atoms with E-state index in [0.29, 0.717) is 16.7 Å². The van der Waals surface area contributed by atoms with Gasteiger partial charge in [-0.15, -0.1) is 5.10 Å². The van der Waals surface area contributed by atoms with Gasteiger partial charge in [0, 0.05) is 11.1 Å². The summed E-state index contributed by atoms with van der Waals surface area (Å²) < 4.78 is 5.16. The Hall–Kier alpha value is -2.60. The Balaban J connectivity index is 1.40. The van der Waals surface area contributed by atoms with E-state index in [1.165, 1.54) is 35.7 Å². The van der Waals surface area contributed by atoms with Crippen LogP contribution in [0.15, 0.2) is 47.6 Å². The van der Waals surface area contributed by atoms with Crippen molar-refractivity contribution in [1.82, 2.24) is 15.2 Å². The number of benzene rings is 2. The van der Waals surface area contributed by atoms with E-state index in [4.69, 9.17) is 4.74 Å². The molecule has 0 unspecified atom stereocenters. The molecule has 4 rings (SSSR count). The van der Waals surface area contributed by atoms with Crippen molar-refractivity contribution in [2.75, 3.05) is 12.9 Å². The third-order valence-corrected chi connectivity index (χ3v) is 5.68. The van der Waals surface area contributed by atoms with E-state index in [1.54, 1.807) is 7.11 Å². The minimum Gasteiger partial charge on any atom is -0.497 e. The fourth-order valence-electron chi connectivity index (χ4n) is 3.31. The fraction of sp³-hybridized carbons (Fsp3) is 0.286. The van der Waals surface area contributed by atoms with Crippen LogP contribution in [0.3, 0.4) is 0 Å². The fourth-order valence-corrected chi connectivity index (χ4v) is 4.00. The number of Topliss-reactive ketones (excluding diaryl/α,β-unsaturated/α-hetero) is 1. The van der Waals surface area contributed by atoms with E-state index < -0.39 is 0 Å². The van der Waals surface area contributed by atoms with Gasteiger partial charge < -0.3 is 4.74 Å². The Morgan fingerprint density at radius 2 is 1.89 bits per heavy atom. The second-order valence-corrected chi connectivity index (χ2v) is 7.54. The van der Waals surface area contributed by atoms with Gasteiger partial charge in [-0.3, -0.25) is 9.89 Å². The minimum atomic E-state index is 0.115. The molecule has 6 heteroatoms. The Kier molecular flexibility index (Phi) is 5.25. The van der Waals surface area contributed by atoms with Crippen molar-refractivity contribution in [3.05, 3.63) is 59.2 Å². The van der Waals surface area contributed by atoms with Crippen LogP contribution in [0.1, 0.15) is 34.3 Å². The van der Waals surface area contributed by atoms with Crippen molar-refractivity contribution in [2.45, 2.75) is 30.8 Å². The molecule has 1 heterocycles. The molecule has 0 radical (unpaired) electrons. The molecule has 1 aromatic heterocycles. The summed E-state index contributed by atoms with van der Waals surface area (Å²) in [6.45, 7) is 0. The summed E-state index contributed by atoms with van der Waals surface area (Å²) >= 11 is 1.36. The van der Waals surface area contributed by atoms with Gasteiger partial charge in [-0.2, -0.15) is 0 Å². The van der Waals surface area contributed by atoms with E-state index >= 15 is 0 Å². The molecule has 5 nitrogen and oxygen atoms in total. The van der Waals surface area contributed by atoms with E-state index in [9.17, 15) is 4.79 Å². The van der Waals surface area contributed by atoms with Gasteiger partial charge >= 0.3 is 0 Å². The lowest BCUT2D eigenvalue weighted by Gasteiger charge is -2.16. The first-order chi connectivity index (χ1) is 13.2. The van der Waals surface area contributed by atoms with Crippen LogP contribution in [-0.4, -0.2) is 33.8 Å². The lowest BCUT2D eigenvalue weighted by atomic mass is 9.90. The number of aromatic nitrogens is 3. The number of nitrogens with zero attached hydrogens (tertiary/aromatic N) is 2. The zero-order chi connectivity index (χ0) is 18.6. The van der Waals surface area contributed by atoms with E-state index in [2.05, 4.69) is 27.3 Å². The Labute approximate surface area is 162 Å². The number of ether oxygens (including phenoxy) is 1. The summed E-state index contributed by atoms with van der Waals surface area (Å²) in [5.74, 6) is 1.92. The third-order valence-electron chi connectivity index (χ3n) is 4.83. The highest BCUT2D eigenvalue weighted by Gasteiger charge is 2.14. The van der Waals surface area contributed by atoms with Gasteiger partial charge in [0.05, 0.1) is 12.9 Å². The predicted octanol–water partition coefficient (Wildman–Crippen LogP) is 4.33. The van der Waals surface area contributed by atoms with Gasteiger partial charge in [0.15, 0.2) is 11.6 Å². The molecule has 0 atom stereocenters. The van der Waals surface area contributed by atoms with Crippen LogP contribution in [0, 0.1) is 0 Å². The second kappa shape index (κ2) is 7.96. The van der Waals surface area contributed by atoms with Crippen molar-refractivity contribution < 1.29 is 9.53 Å². The molecule has 138 valence electrons. The molecular formula is C21H21N3O2S. The minimum absolute atomic E-state index is 0.115. The number of thioether (sulfide) groups is 1. The van der Waals surface area contributed by atoms with Gasteiger partial charge in [0.2, 0.25) is 5.16 Å². The molecule has 3 aromatic rings. The molecule has 0 bridgehead atoms. The number of hydrogen-bond acceptors (Lipinski definition) is 5. The van der Waals surface area contributed by atoms with Gasteiger partial charge in [-0.25, -0.2) is 4.98 Å². The number of hydrogen-bond donors (Lipinski definition) is 1. The largest absolute Gasteiger partial charge is 0.497 e. The van der Waals surface area contributed by atoms with Crippen molar-refractivity contribution in [2.24, 2.45) is 0 Å². The third kappa shape index (κ3) is 4.06. The maximum atomic E-state index is 12.6. The molecule has 0 spiro atoms. The average Bonchev–Trinajstić information content (AvgIpc) is 3.21. The molecule has 1 aliphatic rings. The molecule has 2 aromatic carbocycles. The summed E-state index contributed by atoms with van der Waals surface area (Å²) in [7, 11) is 1.64. The SMILES string of the molecule is COc1ccc(-c2nc(SCC(=O)c3ccc4c(c3)CCCC4)n[nH]2)cc1. The first-order valence-electron chi connectivity index (χ1n) is 9.07. The van der Waals surface area contributed by atoms with Gasteiger partial charge in [0.25, 0.3) is 0 Å². The number of ketones is 1. The predicted molar refractivity (Wildman–Crippen MR) is 107 cm³/mol. The summed E-state index contributed by atoms with van der Waals surface area (Å²) in [5, 5.41) is 7.72. The quantitative estimate of drug-likeness (QED) is 0.510. The lowest BCUT2D eigenvalue weighted by molar-refractivity contribution is 0.102. The Bertz CT molecular complexity index is 950. The van der Waals surface area contributed by atoms with E-state index in [0.717, 1.165) is 29.7 Å². The summed E-state index contributed by atoms with van der Waals surface area (Å²) in [4.78, 5) is 17.0. The van der Waals surface area contributed by atoms with Crippen LogP contribution in [0.4, 0.5) is 0 Å². The number of rotatable bonds is 6. The number of carbonyl (C=O) groups is 1. The van der Waals surface area contributed by atoms with Crippen molar-refractivity contribution in [3.63, 3.8) is 0 Å². The topological polar surface area (TPSA) is 67.9 Å². The van der Waals surface area contributed by atoms with E-state index in [-0.39, 0.29) is 5.78 Å². The second-order valence-electron chi connectivity index (χ2n) is 6.60. The molecule has 0 saturated heterocycles.